The van der Waals surface area contributed by atoms with Crippen molar-refractivity contribution in [3.05, 3.63) is 0 Å². The van der Waals surface area contributed by atoms with E-state index in [0.717, 1.165) is 39.3 Å². The summed E-state index contributed by atoms with van der Waals surface area (Å²) in [5.74, 6) is 0.689. The number of ether oxygens (including phenoxy) is 2. The third kappa shape index (κ3) is 5.74. The SMILES string of the molecule is CCC(=O)NCCCOC[C@@H]1CCOC1. The summed E-state index contributed by atoms with van der Waals surface area (Å²) in [6.07, 6.45) is 2.56. The molecule has 15 heavy (non-hydrogen) atoms. The van der Waals surface area contributed by atoms with Crippen molar-refractivity contribution >= 4 is 5.91 Å². The summed E-state index contributed by atoms with van der Waals surface area (Å²) in [4.78, 5) is 10.9. The molecule has 1 atom stereocenters. The number of carbonyl (C=O) groups is 1. The van der Waals surface area contributed by atoms with Gasteiger partial charge in [-0.25, -0.2) is 0 Å². The molecule has 0 aromatic carbocycles. The van der Waals surface area contributed by atoms with Crippen molar-refractivity contribution < 1.29 is 14.3 Å². The fourth-order valence-corrected chi connectivity index (χ4v) is 1.49. The molecule has 1 saturated heterocycles. The first-order valence-electron chi connectivity index (χ1n) is 5.75. The molecule has 1 rings (SSSR count). The first-order valence-corrected chi connectivity index (χ1v) is 5.75. The van der Waals surface area contributed by atoms with Crippen LogP contribution in [0.25, 0.3) is 0 Å². The van der Waals surface area contributed by atoms with Gasteiger partial charge < -0.3 is 14.8 Å². The van der Waals surface area contributed by atoms with E-state index in [1.165, 1.54) is 0 Å². The molecule has 0 aromatic rings. The van der Waals surface area contributed by atoms with E-state index in [1.54, 1.807) is 0 Å². The van der Waals surface area contributed by atoms with Crippen LogP contribution in [0, 0.1) is 5.92 Å². The minimum atomic E-state index is 0.110. The molecule has 1 amide bonds. The molecule has 0 spiro atoms. The number of rotatable bonds is 7. The molecule has 1 N–H and O–H groups in total. The van der Waals surface area contributed by atoms with Crippen molar-refractivity contribution in [2.24, 2.45) is 5.92 Å². The molecule has 1 aliphatic heterocycles. The van der Waals surface area contributed by atoms with Gasteiger partial charge in [0.1, 0.15) is 0 Å². The van der Waals surface area contributed by atoms with Crippen molar-refractivity contribution in [3.8, 4) is 0 Å². The van der Waals surface area contributed by atoms with Gasteiger partial charge in [0.2, 0.25) is 5.91 Å². The number of hydrogen-bond donors (Lipinski definition) is 1. The minimum absolute atomic E-state index is 0.110. The van der Waals surface area contributed by atoms with Gasteiger partial charge in [-0.15, -0.1) is 0 Å². The van der Waals surface area contributed by atoms with Crippen molar-refractivity contribution in [1.82, 2.24) is 5.32 Å². The van der Waals surface area contributed by atoms with Gasteiger partial charge in [-0.3, -0.25) is 4.79 Å². The molecule has 4 heteroatoms. The third-order valence-electron chi connectivity index (χ3n) is 2.49. The quantitative estimate of drug-likeness (QED) is 0.643. The molecule has 1 heterocycles. The van der Waals surface area contributed by atoms with Gasteiger partial charge in [0.05, 0.1) is 13.2 Å². The molecule has 1 aliphatic rings. The number of hydrogen-bond acceptors (Lipinski definition) is 3. The normalized spacial score (nSPS) is 20.5. The third-order valence-corrected chi connectivity index (χ3v) is 2.49. The van der Waals surface area contributed by atoms with Crippen LogP contribution in [0.15, 0.2) is 0 Å². The van der Waals surface area contributed by atoms with E-state index in [2.05, 4.69) is 5.32 Å². The highest BCUT2D eigenvalue weighted by Gasteiger charge is 2.14. The van der Waals surface area contributed by atoms with Crippen LogP contribution in [0.2, 0.25) is 0 Å². The van der Waals surface area contributed by atoms with Crippen LogP contribution >= 0.6 is 0 Å². The Morgan fingerprint density at radius 1 is 1.60 bits per heavy atom. The van der Waals surface area contributed by atoms with Crippen LogP contribution in [0.5, 0.6) is 0 Å². The van der Waals surface area contributed by atoms with E-state index in [0.29, 0.717) is 18.9 Å². The molecule has 4 nitrogen and oxygen atoms in total. The molecular weight excluding hydrogens is 194 g/mol. The van der Waals surface area contributed by atoms with E-state index in [9.17, 15) is 4.79 Å². The summed E-state index contributed by atoms with van der Waals surface area (Å²) in [6.45, 7) is 5.80. The monoisotopic (exact) mass is 215 g/mol. The predicted octanol–water partition coefficient (Wildman–Crippen LogP) is 0.956. The lowest BCUT2D eigenvalue weighted by atomic mass is 10.1. The van der Waals surface area contributed by atoms with Crippen LogP contribution in [0.3, 0.4) is 0 Å². The molecule has 0 aliphatic carbocycles. The first-order chi connectivity index (χ1) is 7.33. The fourth-order valence-electron chi connectivity index (χ4n) is 1.49. The molecule has 0 aromatic heterocycles. The maximum atomic E-state index is 10.9. The molecule has 1 fully saturated rings. The van der Waals surface area contributed by atoms with Crippen LogP contribution in [-0.2, 0) is 14.3 Å². The summed E-state index contributed by atoms with van der Waals surface area (Å²) >= 11 is 0. The standard InChI is InChI=1S/C11H21NO3/c1-2-11(13)12-5-3-6-14-8-10-4-7-15-9-10/h10H,2-9H2,1H3,(H,12,13)/t10-/m0/s1. The van der Waals surface area contributed by atoms with Gasteiger partial charge >= 0.3 is 0 Å². The topological polar surface area (TPSA) is 47.6 Å². The van der Waals surface area contributed by atoms with Gasteiger partial charge in [0, 0.05) is 32.1 Å². The Morgan fingerprint density at radius 2 is 2.47 bits per heavy atom. The Hall–Kier alpha value is -0.610. The zero-order valence-electron chi connectivity index (χ0n) is 9.46. The van der Waals surface area contributed by atoms with Crippen molar-refractivity contribution in [2.45, 2.75) is 26.2 Å². The van der Waals surface area contributed by atoms with E-state index >= 15 is 0 Å². The lowest BCUT2D eigenvalue weighted by Crippen LogP contribution is -2.24. The molecular formula is C11H21NO3. The fraction of sp³-hybridized carbons (Fsp3) is 0.909. The summed E-state index contributed by atoms with van der Waals surface area (Å²) < 4.78 is 10.7. The second kappa shape index (κ2) is 7.65. The van der Waals surface area contributed by atoms with Crippen molar-refractivity contribution in [2.75, 3.05) is 33.0 Å². The van der Waals surface area contributed by atoms with E-state index in [-0.39, 0.29) is 5.91 Å². The highest BCUT2D eigenvalue weighted by atomic mass is 16.5. The van der Waals surface area contributed by atoms with Gasteiger partial charge in [0.25, 0.3) is 0 Å². The number of amides is 1. The Morgan fingerprint density at radius 3 is 3.13 bits per heavy atom. The lowest BCUT2D eigenvalue weighted by molar-refractivity contribution is -0.120. The second-order valence-electron chi connectivity index (χ2n) is 3.86. The zero-order chi connectivity index (χ0) is 10.9. The maximum Gasteiger partial charge on any atom is 0.219 e. The van der Waals surface area contributed by atoms with E-state index in [4.69, 9.17) is 9.47 Å². The Balaban J connectivity index is 1.82. The first kappa shape index (κ1) is 12.5. The highest BCUT2D eigenvalue weighted by molar-refractivity contribution is 5.75. The van der Waals surface area contributed by atoms with Crippen LogP contribution in [0.4, 0.5) is 0 Å². The second-order valence-corrected chi connectivity index (χ2v) is 3.86. The van der Waals surface area contributed by atoms with Crippen molar-refractivity contribution in [1.29, 1.82) is 0 Å². The van der Waals surface area contributed by atoms with Gasteiger partial charge in [-0.1, -0.05) is 6.92 Å². The number of nitrogens with one attached hydrogen (secondary N) is 1. The average Bonchev–Trinajstić information content (AvgIpc) is 2.75. The Bertz CT molecular complexity index is 179. The molecule has 0 bridgehead atoms. The van der Waals surface area contributed by atoms with E-state index in [1.807, 2.05) is 6.92 Å². The number of carbonyl (C=O) groups excluding carboxylic acids is 1. The Labute approximate surface area is 91.3 Å². The molecule has 0 unspecified atom stereocenters. The van der Waals surface area contributed by atoms with Crippen LogP contribution in [0.1, 0.15) is 26.2 Å². The zero-order valence-corrected chi connectivity index (χ0v) is 9.46. The molecule has 0 saturated carbocycles. The molecule has 0 radical (unpaired) electrons. The Kier molecular flexibility index (Phi) is 6.36. The van der Waals surface area contributed by atoms with Gasteiger partial charge in [0.15, 0.2) is 0 Å². The predicted molar refractivity (Wildman–Crippen MR) is 57.7 cm³/mol. The maximum absolute atomic E-state index is 10.9. The lowest BCUT2D eigenvalue weighted by Gasteiger charge is -2.08. The minimum Gasteiger partial charge on any atom is -0.381 e. The van der Waals surface area contributed by atoms with Gasteiger partial charge in [-0.05, 0) is 12.8 Å². The highest BCUT2D eigenvalue weighted by Crippen LogP contribution is 2.12. The smallest absolute Gasteiger partial charge is 0.219 e. The van der Waals surface area contributed by atoms with Crippen molar-refractivity contribution in [3.63, 3.8) is 0 Å². The van der Waals surface area contributed by atoms with Crippen LogP contribution < -0.4 is 5.32 Å². The largest absolute Gasteiger partial charge is 0.381 e. The van der Waals surface area contributed by atoms with E-state index < -0.39 is 0 Å². The summed E-state index contributed by atoms with van der Waals surface area (Å²) in [7, 11) is 0. The van der Waals surface area contributed by atoms with Gasteiger partial charge in [-0.2, -0.15) is 0 Å². The molecule has 88 valence electrons. The van der Waals surface area contributed by atoms with Crippen LogP contribution in [-0.4, -0.2) is 38.9 Å². The summed E-state index contributed by atoms with van der Waals surface area (Å²) in [5, 5.41) is 2.82. The summed E-state index contributed by atoms with van der Waals surface area (Å²) in [6, 6.07) is 0. The average molecular weight is 215 g/mol. The summed E-state index contributed by atoms with van der Waals surface area (Å²) in [5.41, 5.74) is 0.